The van der Waals surface area contributed by atoms with Gasteiger partial charge < -0.3 is 17.2 Å². The summed E-state index contributed by atoms with van der Waals surface area (Å²) in [6.45, 7) is 2.22. The highest BCUT2D eigenvalue weighted by atomic mass is 32.1. The summed E-state index contributed by atoms with van der Waals surface area (Å²) in [4.78, 5) is 0. The van der Waals surface area contributed by atoms with Crippen LogP contribution in [-0.4, -0.2) is 34.1 Å². The molecule has 0 spiro atoms. The van der Waals surface area contributed by atoms with Crippen molar-refractivity contribution in [3.8, 4) is 0 Å². The number of aromatic nitrogens is 3. The fraction of sp³-hybridized carbons (Fsp3) is 0.280. The zero-order valence-corrected chi connectivity index (χ0v) is 20.2. The van der Waals surface area contributed by atoms with Crippen molar-refractivity contribution >= 4 is 30.8 Å². The van der Waals surface area contributed by atoms with Gasteiger partial charge in [0.05, 0.1) is 11.1 Å². The van der Waals surface area contributed by atoms with E-state index in [2.05, 4.69) is 10.3 Å². The molecule has 4 nitrogen and oxygen atoms in total. The number of fused-ring (bicyclic) bond motifs is 1. The minimum atomic E-state index is -3.64. The number of alkyl halides is 2. The number of halogens is 2. The van der Waals surface area contributed by atoms with Gasteiger partial charge in [0.25, 0.3) is 0 Å². The summed E-state index contributed by atoms with van der Waals surface area (Å²) in [6, 6.07) is 23.8. The molecule has 1 heterocycles. The number of hydrogen-bond donors (Lipinski definition) is 0. The zero-order chi connectivity index (χ0) is 23.7. The second-order valence-corrected chi connectivity index (χ2v) is 12.3. The minimum absolute atomic E-state index is 0.237. The van der Waals surface area contributed by atoms with Crippen LogP contribution in [0.5, 0.6) is 0 Å². The third-order valence-corrected chi connectivity index (χ3v) is 7.87. The predicted octanol–water partition coefficient (Wildman–Crippen LogP) is 6.03. The van der Waals surface area contributed by atoms with Gasteiger partial charge in [0, 0.05) is 12.0 Å². The molecule has 4 rings (SSSR count). The van der Waals surface area contributed by atoms with E-state index in [-0.39, 0.29) is 5.56 Å². The second-order valence-electron chi connectivity index (χ2n) is 8.61. The van der Waals surface area contributed by atoms with Gasteiger partial charge in [-0.2, -0.15) is 14.5 Å². The maximum atomic E-state index is 14.6. The van der Waals surface area contributed by atoms with Gasteiger partial charge in [-0.25, -0.2) is 4.68 Å². The number of hydrogen-bond acceptors (Lipinski definition) is 4. The molecular weight excluding hydrogens is 459 g/mol. The Labute approximate surface area is 197 Å². The third-order valence-electron chi connectivity index (χ3n) is 6.06. The van der Waals surface area contributed by atoms with Gasteiger partial charge in [-0.15, -0.1) is 5.10 Å². The molecule has 0 saturated carbocycles. The van der Waals surface area contributed by atoms with E-state index in [4.69, 9.17) is 12.6 Å². The van der Waals surface area contributed by atoms with E-state index in [1.54, 1.807) is 12.1 Å². The Morgan fingerprint density at radius 1 is 0.909 bits per heavy atom. The van der Waals surface area contributed by atoms with Crippen LogP contribution in [0.4, 0.5) is 8.78 Å². The first-order valence-electron chi connectivity index (χ1n) is 10.7. The van der Waals surface area contributed by atoms with Crippen LogP contribution in [0, 0.1) is 0 Å². The van der Waals surface area contributed by atoms with Crippen molar-refractivity contribution in [3.05, 3.63) is 95.6 Å². The summed E-state index contributed by atoms with van der Waals surface area (Å²) in [5, 5.41) is 8.87. The molecule has 3 aromatic carbocycles. The smallest absolute Gasteiger partial charge is 0.322 e. The van der Waals surface area contributed by atoms with E-state index in [9.17, 15) is 13.3 Å². The molecule has 0 aliphatic heterocycles. The average Bonchev–Trinajstić information content (AvgIpc) is 3.24. The molecule has 4 aromatic rings. The largest absolute Gasteiger partial charge is 0.792 e. The van der Waals surface area contributed by atoms with E-state index in [0.29, 0.717) is 18.6 Å². The Kier molecular flexibility index (Phi) is 6.47. The molecule has 0 aliphatic rings. The van der Waals surface area contributed by atoms with Crippen molar-refractivity contribution < 1.29 is 13.3 Å². The topological polar surface area (TPSA) is 47.8 Å². The third kappa shape index (κ3) is 4.36. The number of para-hydroxylation sites is 1. The lowest BCUT2D eigenvalue weighted by molar-refractivity contribution is 0.0893. The lowest BCUT2D eigenvalue weighted by Crippen LogP contribution is -2.39. The van der Waals surface area contributed by atoms with Crippen molar-refractivity contribution in [2.24, 2.45) is 0 Å². The Balaban J connectivity index is 1.84. The second kappa shape index (κ2) is 9.03. The van der Waals surface area contributed by atoms with Crippen LogP contribution in [0.1, 0.15) is 23.1 Å². The Morgan fingerprint density at radius 2 is 1.55 bits per heavy atom. The first-order valence-corrected chi connectivity index (χ1v) is 13.8. The minimum Gasteiger partial charge on any atom is -0.792 e. The highest BCUT2D eigenvalue weighted by Crippen LogP contribution is 2.60. The predicted molar refractivity (Wildman–Crippen MR) is 131 cm³/mol. The van der Waals surface area contributed by atoms with E-state index in [1.165, 1.54) is 12.1 Å². The van der Waals surface area contributed by atoms with Crippen LogP contribution in [0.15, 0.2) is 78.9 Å². The summed E-state index contributed by atoms with van der Waals surface area (Å²) in [5.41, 5.74) is -0.724. The van der Waals surface area contributed by atoms with Crippen molar-refractivity contribution in [3.63, 3.8) is 0 Å². The number of rotatable bonds is 8. The Bertz CT molecular complexity index is 1290. The van der Waals surface area contributed by atoms with Crippen LogP contribution >= 0.6 is 7.14 Å². The van der Waals surface area contributed by atoms with Crippen LogP contribution < -0.4 is 0 Å². The molecule has 1 atom stereocenters. The average molecular weight is 485 g/mol. The maximum absolute atomic E-state index is 14.6. The molecule has 8 heteroatoms. The first-order chi connectivity index (χ1) is 15.7. The lowest BCUT2D eigenvalue weighted by atomic mass is 9.81. The van der Waals surface area contributed by atoms with Crippen LogP contribution in [0.25, 0.3) is 11.0 Å². The molecule has 33 heavy (non-hydrogen) atoms. The van der Waals surface area contributed by atoms with Gasteiger partial charge in [-0.05, 0) is 43.0 Å². The Morgan fingerprint density at radius 3 is 2.18 bits per heavy atom. The quantitative estimate of drug-likeness (QED) is 0.226. The Hall–Kier alpha value is -2.50. The van der Waals surface area contributed by atoms with E-state index < -0.39 is 18.3 Å². The van der Waals surface area contributed by atoms with Crippen molar-refractivity contribution in [2.75, 3.05) is 19.1 Å². The molecule has 172 valence electrons. The lowest BCUT2D eigenvalue weighted by Gasteiger charge is -2.37. The zero-order valence-electron chi connectivity index (χ0n) is 18.5. The standard InChI is InChI=1S/C25H26F2N3OPS/c1-32(2,31)25(26,27)21-14-12-19(13-15-21)18-24(16-17-33,20-8-4-3-5-9-20)30-23-11-7-6-10-22(23)28-29-30/h3-15,33H,16-18H2,1-2H3/p-1. The summed E-state index contributed by atoms with van der Waals surface area (Å²) in [7, 11) is -3.64. The van der Waals surface area contributed by atoms with Gasteiger partial charge in [-0.3, -0.25) is 0 Å². The summed E-state index contributed by atoms with van der Waals surface area (Å²) < 4.78 is 43.3. The summed E-state index contributed by atoms with van der Waals surface area (Å²) in [5.74, 6) is 0.480. The fourth-order valence-corrected chi connectivity index (χ4v) is 5.32. The summed E-state index contributed by atoms with van der Waals surface area (Å²) in [6.07, 6.45) is 1.10. The molecular formula is C25H25F2N3OPS-. The maximum Gasteiger partial charge on any atom is 0.322 e. The van der Waals surface area contributed by atoms with Crippen molar-refractivity contribution in [2.45, 2.75) is 24.0 Å². The molecule has 1 aromatic heterocycles. The van der Waals surface area contributed by atoms with Gasteiger partial charge in [-0.1, -0.05) is 71.9 Å². The van der Waals surface area contributed by atoms with Gasteiger partial charge in [0.15, 0.2) is 7.14 Å². The normalized spacial score (nSPS) is 14.3. The van der Waals surface area contributed by atoms with Crippen molar-refractivity contribution in [1.29, 1.82) is 0 Å². The molecule has 0 amide bonds. The SMILES string of the molecule is CP(C)(=O)C(F)(F)c1ccc(CC(CC[S-])(c2ccccc2)n2nnc3ccccc32)cc1. The molecule has 0 N–H and O–H groups in total. The molecule has 0 bridgehead atoms. The van der Waals surface area contributed by atoms with Crippen LogP contribution in [0.2, 0.25) is 0 Å². The van der Waals surface area contributed by atoms with Gasteiger partial charge in [0.2, 0.25) is 0 Å². The number of benzene rings is 3. The van der Waals surface area contributed by atoms with E-state index in [0.717, 1.165) is 35.5 Å². The van der Waals surface area contributed by atoms with Crippen molar-refractivity contribution in [1.82, 2.24) is 15.0 Å². The van der Waals surface area contributed by atoms with E-state index in [1.807, 2.05) is 59.3 Å². The molecule has 0 aliphatic carbocycles. The van der Waals surface area contributed by atoms with Gasteiger partial charge >= 0.3 is 5.66 Å². The molecule has 1 unspecified atom stereocenters. The highest BCUT2D eigenvalue weighted by Gasteiger charge is 2.44. The van der Waals surface area contributed by atoms with Crippen LogP contribution in [0.3, 0.4) is 0 Å². The van der Waals surface area contributed by atoms with Crippen LogP contribution in [-0.2, 0) is 34.8 Å². The summed E-state index contributed by atoms with van der Waals surface area (Å²) >= 11 is 5.43. The number of nitrogens with zero attached hydrogens (tertiary/aromatic N) is 3. The highest BCUT2D eigenvalue weighted by molar-refractivity contribution is 7.63. The van der Waals surface area contributed by atoms with Gasteiger partial charge in [0.1, 0.15) is 5.52 Å². The molecule has 0 fully saturated rings. The van der Waals surface area contributed by atoms with E-state index >= 15 is 0 Å². The fourth-order valence-electron chi connectivity index (χ4n) is 4.21. The molecule has 0 radical (unpaired) electrons. The first kappa shape index (κ1) is 23.7. The molecule has 0 saturated heterocycles. The monoisotopic (exact) mass is 484 g/mol.